The summed E-state index contributed by atoms with van der Waals surface area (Å²) in [5.41, 5.74) is 4.93. The first kappa shape index (κ1) is 18.0. The average Bonchev–Trinajstić information content (AvgIpc) is 2.66. The third-order valence-corrected chi connectivity index (χ3v) is 3.48. The van der Waals surface area contributed by atoms with Crippen LogP contribution in [-0.4, -0.2) is 25.8 Å². The van der Waals surface area contributed by atoms with E-state index in [1.807, 2.05) is 18.2 Å². The number of nitrogens with one attached hydrogen (secondary N) is 1. The van der Waals surface area contributed by atoms with Gasteiger partial charge in [-0.2, -0.15) is 10.4 Å². The van der Waals surface area contributed by atoms with Crippen molar-refractivity contribution in [3.8, 4) is 17.6 Å². The van der Waals surface area contributed by atoms with Crippen molar-refractivity contribution in [2.45, 2.75) is 13.3 Å². The molecule has 2 rings (SSSR count). The zero-order chi connectivity index (χ0) is 18.1. The van der Waals surface area contributed by atoms with Crippen molar-refractivity contribution in [3.05, 3.63) is 59.2 Å². The van der Waals surface area contributed by atoms with Gasteiger partial charge in [0.25, 0.3) is 5.91 Å². The van der Waals surface area contributed by atoms with E-state index >= 15 is 0 Å². The Bertz CT molecular complexity index is 793. The molecule has 0 unspecified atom stereocenters. The maximum Gasteiger partial charge on any atom is 0.271 e. The van der Waals surface area contributed by atoms with Crippen LogP contribution in [0.1, 0.15) is 28.4 Å². The minimum atomic E-state index is -0.278. The lowest BCUT2D eigenvalue weighted by atomic mass is 10.1. The zero-order valence-electron chi connectivity index (χ0n) is 14.2. The number of amides is 1. The fourth-order valence-corrected chi connectivity index (χ4v) is 2.12. The number of hydrogen-bond donors (Lipinski definition) is 1. The lowest BCUT2D eigenvalue weighted by molar-refractivity contribution is 0.0955. The summed E-state index contributed by atoms with van der Waals surface area (Å²) in [6, 6.07) is 14.4. The Morgan fingerprint density at radius 2 is 2.00 bits per heavy atom. The SMILES string of the molecule is CCc1ccc(C(=O)N/N=C\c2ccc(OCC#N)c(OC)c2)cc1. The second-order valence-electron chi connectivity index (χ2n) is 5.11. The van der Waals surface area contributed by atoms with Crippen LogP contribution in [0.5, 0.6) is 11.5 Å². The summed E-state index contributed by atoms with van der Waals surface area (Å²) in [5, 5.41) is 12.5. The van der Waals surface area contributed by atoms with E-state index in [1.165, 1.54) is 18.9 Å². The molecule has 2 aromatic carbocycles. The molecule has 6 heteroatoms. The Labute approximate surface area is 146 Å². The molecule has 25 heavy (non-hydrogen) atoms. The van der Waals surface area contributed by atoms with E-state index in [-0.39, 0.29) is 12.5 Å². The van der Waals surface area contributed by atoms with E-state index in [1.54, 1.807) is 30.3 Å². The summed E-state index contributed by atoms with van der Waals surface area (Å²) >= 11 is 0. The van der Waals surface area contributed by atoms with Crippen LogP contribution in [-0.2, 0) is 6.42 Å². The Balaban J connectivity index is 2.01. The molecule has 0 saturated carbocycles. The van der Waals surface area contributed by atoms with Gasteiger partial charge in [0, 0.05) is 5.56 Å². The Morgan fingerprint density at radius 1 is 1.24 bits per heavy atom. The average molecular weight is 337 g/mol. The smallest absolute Gasteiger partial charge is 0.271 e. The molecule has 2 aromatic rings. The number of aryl methyl sites for hydroxylation is 1. The summed E-state index contributed by atoms with van der Waals surface area (Å²) in [7, 11) is 1.51. The molecule has 0 aliphatic heterocycles. The number of nitriles is 1. The van der Waals surface area contributed by atoms with Crippen LogP contribution in [0.4, 0.5) is 0 Å². The summed E-state index contributed by atoms with van der Waals surface area (Å²) in [5.74, 6) is 0.682. The van der Waals surface area contributed by atoms with Gasteiger partial charge in [0.05, 0.1) is 13.3 Å². The van der Waals surface area contributed by atoms with Gasteiger partial charge in [0.2, 0.25) is 0 Å². The van der Waals surface area contributed by atoms with E-state index in [0.717, 1.165) is 12.0 Å². The topological polar surface area (TPSA) is 83.7 Å². The lowest BCUT2D eigenvalue weighted by Crippen LogP contribution is -2.17. The van der Waals surface area contributed by atoms with Crippen LogP contribution in [0.3, 0.4) is 0 Å². The summed E-state index contributed by atoms with van der Waals surface area (Å²) in [6.45, 7) is 2.00. The van der Waals surface area contributed by atoms with E-state index in [9.17, 15) is 4.79 Å². The van der Waals surface area contributed by atoms with Crippen molar-refractivity contribution in [3.63, 3.8) is 0 Å². The molecule has 0 aliphatic rings. The van der Waals surface area contributed by atoms with E-state index in [4.69, 9.17) is 14.7 Å². The molecule has 0 radical (unpaired) electrons. The van der Waals surface area contributed by atoms with Gasteiger partial charge in [-0.1, -0.05) is 19.1 Å². The number of carbonyl (C=O) groups excluding carboxylic acids is 1. The van der Waals surface area contributed by atoms with Crippen LogP contribution in [0, 0.1) is 11.3 Å². The van der Waals surface area contributed by atoms with E-state index in [0.29, 0.717) is 17.1 Å². The normalized spacial score (nSPS) is 10.3. The molecular formula is C19H19N3O3. The molecule has 128 valence electrons. The Morgan fingerprint density at radius 3 is 2.64 bits per heavy atom. The van der Waals surface area contributed by atoms with Crippen molar-refractivity contribution in [2.24, 2.45) is 5.10 Å². The molecule has 1 N–H and O–H groups in total. The quantitative estimate of drug-likeness (QED) is 0.622. The van der Waals surface area contributed by atoms with Crippen LogP contribution in [0.2, 0.25) is 0 Å². The van der Waals surface area contributed by atoms with Crippen LogP contribution in [0.15, 0.2) is 47.6 Å². The minimum absolute atomic E-state index is 0.0589. The maximum atomic E-state index is 12.0. The molecule has 0 heterocycles. The molecule has 6 nitrogen and oxygen atoms in total. The molecule has 1 amide bonds. The highest BCUT2D eigenvalue weighted by Gasteiger charge is 2.06. The number of rotatable bonds is 7. The van der Waals surface area contributed by atoms with E-state index < -0.39 is 0 Å². The van der Waals surface area contributed by atoms with E-state index in [2.05, 4.69) is 17.5 Å². The Kier molecular flexibility index (Phi) is 6.55. The number of carbonyl (C=O) groups is 1. The Hall–Kier alpha value is -3.33. The molecular weight excluding hydrogens is 318 g/mol. The fourth-order valence-electron chi connectivity index (χ4n) is 2.12. The van der Waals surface area contributed by atoms with Crippen molar-refractivity contribution in [1.82, 2.24) is 5.43 Å². The number of methoxy groups -OCH3 is 1. The number of nitrogens with zero attached hydrogens (tertiary/aromatic N) is 2. The molecule has 0 atom stereocenters. The van der Waals surface area contributed by atoms with Crippen molar-refractivity contribution < 1.29 is 14.3 Å². The lowest BCUT2D eigenvalue weighted by Gasteiger charge is -2.08. The number of ether oxygens (including phenoxy) is 2. The first-order valence-electron chi connectivity index (χ1n) is 7.78. The van der Waals surface area contributed by atoms with Gasteiger partial charge in [0.1, 0.15) is 6.07 Å². The van der Waals surface area contributed by atoms with Gasteiger partial charge >= 0.3 is 0 Å². The van der Waals surface area contributed by atoms with Gasteiger partial charge < -0.3 is 9.47 Å². The minimum Gasteiger partial charge on any atom is -0.493 e. The summed E-state index contributed by atoms with van der Waals surface area (Å²) < 4.78 is 10.5. The zero-order valence-corrected chi connectivity index (χ0v) is 14.2. The first-order chi connectivity index (χ1) is 12.2. The van der Waals surface area contributed by atoms with Crippen LogP contribution < -0.4 is 14.9 Å². The number of benzene rings is 2. The van der Waals surface area contributed by atoms with Crippen LogP contribution >= 0.6 is 0 Å². The van der Waals surface area contributed by atoms with Crippen molar-refractivity contribution in [2.75, 3.05) is 13.7 Å². The van der Waals surface area contributed by atoms with Crippen molar-refractivity contribution in [1.29, 1.82) is 5.26 Å². The third kappa shape index (κ3) is 5.08. The predicted molar refractivity (Wildman–Crippen MR) is 95.0 cm³/mol. The molecule has 0 bridgehead atoms. The van der Waals surface area contributed by atoms with Gasteiger partial charge in [-0.25, -0.2) is 5.43 Å². The summed E-state index contributed by atoms with van der Waals surface area (Å²) in [4.78, 5) is 12.0. The molecule has 0 aliphatic carbocycles. The molecule has 0 spiro atoms. The highest BCUT2D eigenvalue weighted by molar-refractivity contribution is 5.94. The van der Waals surface area contributed by atoms with Gasteiger partial charge in [0.15, 0.2) is 18.1 Å². The third-order valence-electron chi connectivity index (χ3n) is 3.48. The van der Waals surface area contributed by atoms with Gasteiger partial charge in [-0.3, -0.25) is 4.79 Å². The second kappa shape index (κ2) is 9.08. The fraction of sp³-hybridized carbons (Fsp3) is 0.211. The monoisotopic (exact) mass is 337 g/mol. The molecule has 0 fully saturated rings. The van der Waals surface area contributed by atoms with Gasteiger partial charge in [-0.05, 0) is 47.9 Å². The van der Waals surface area contributed by atoms with Crippen molar-refractivity contribution >= 4 is 12.1 Å². The first-order valence-corrected chi connectivity index (χ1v) is 7.78. The number of hydrogen-bond acceptors (Lipinski definition) is 5. The highest BCUT2D eigenvalue weighted by Crippen LogP contribution is 2.27. The summed E-state index contributed by atoms with van der Waals surface area (Å²) in [6.07, 6.45) is 2.44. The number of hydrazone groups is 1. The largest absolute Gasteiger partial charge is 0.493 e. The highest BCUT2D eigenvalue weighted by atomic mass is 16.5. The molecule has 0 aromatic heterocycles. The molecule has 0 saturated heterocycles. The van der Waals surface area contributed by atoms with Gasteiger partial charge in [-0.15, -0.1) is 0 Å². The maximum absolute atomic E-state index is 12.0. The second-order valence-corrected chi connectivity index (χ2v) is 5.11. The predicted octanol–water partition coefficient (Wildman–Crippen LogP) is 2.92. The van der Waals surface area contributed by atoms with Crippen LogP contribution in [0.25, 0.3) is 0 Å². The standard InChI is InChI=1S/C19H19N3O3/c1-3-14-4-7-16(8-5-14)19(23)22-21-13-15-6-9-17(25-11-10-20)18(12-15)24-2/h4-9,12-13H,3,11H2,1-2H3,(H,22,23)/b21-13-.